The van der Waals surface area contributed by atoms with E-state index in [1.165, 1.54) is 23.3 Å². The lowest BCUT2D eigenvalue weighted by Crippen LogP contribution is -2.73. The first-order valence-electron chi connectivity index (χ1n) is 20.2. The van der Waals surface area contributed by atoms with Crippen molar-refractivity contribution >= 4 is 11.9 Å². The van der Waals surface area contributed by atoms with Crippen LogP contribution in [0.25, 0.3) is 0 Å². The molecule has 314 valence electrons. The highest BCUT2D eigenvalue weighted by Crippen LogP contribution is 2.58. The van der Waals surface area contributed by atoms with Crippen LogP contribution in [0.2, 0.25) is 0 Å². The minimum absolute atomic E-state index is 0. The number of aliphatic hydroxyl groups is 2. The molecule has 14 heteroatoms. The number of hydrogen-bond donors (Lipinski definition) is 7. The van der Waals surface area contributed by atoms with Crippen molar-refractivity contribution in [1.29, 1.82) is 0 Å². The van der Waals surface area contributed by atoms with Crippen LogP contribution in [-0.4, -0.2) is 115 Å². The van der Waals surface area contributed by atoms with Gasteiger partial charge in [0.1, 0.15) is 16.9 Å². The Morgan fingerprint density at radius 1 is 0.729 bits per heavy atom. The molecule has 2 fully saturated rings. The van der Waals surface area contributed by atoms with Crippen molar-refractivity contribution in [3.8, 4) is 5.75 Å². The number of hydrogen-bond acceptors (Lipinski definition) is 9. The minimum Gasteiger partial charge on any atom is -0.508 e. The number of carboxylic acid groups (broad SMARTS) is 2. The second-order valence-corrected chi connectivity index (χ2v) is 17.3. The summed E-state index contributed by atoms with van der Waals surface area (Å²) in [6, 6.07) is 14.5. The summed E-state index contributed by atoms with van der Waals surface area (Å²) in [4.78, 5) is 57.3. The first-order chi connectivity index (χ1) is 27.9. The molecule has 10 rings (SSSR count). The highest BCUT2D eigenvalue weighted by molar-refractivity contribution is 5.88. The van der Waals surface area contributed by atoms with Gasteiger partial charge in [-0.05, 0) is 117 Å². The predicted molar refractivity (Wildman–Crippen MR) is 219 cm³/mol. The second-order valence-electron chi connectivity index (χ2n) is 17.3. The lowest BCUT2D eigenvalue weighted by atomic mass is 9.49. The molecule has 2 aliphatic heterocycles. The van der Waals surface area contributed by atoms with E-state index in [9.17, 15) is 49.1 Å². The molecule has 0 radical (unpaired) electrons. The molecule has 13 nitrogen and oxygen atoms in total. The molecule has 0 amide bonds. The Kier molecular flexibility index (Phi) is 10.0. The quantitative estimate of drug-likeness (QED) is 0.156. The van der Waals surface area contributed by atoms with Gasteiger partial charge in [-0.2, -0.15) is 0 Å². The number of aromatic carboxylic acids is 2. The normalized spacial score (nSPS) is 29.6. The van der Waals surface area contributed by atoms with Gasteiger partial charge in [-0.1, -0.05) is 37.3 Å². The average molecular weight is 814 g/mol. The molecule has 2 aromatic carbocycles. The van der Waals surface area contributed by atoms with Gasteiger partial charge in [-0.25, -0.2) is 9.59 Å². The van der Waals surface area contributed by atoms with Crippen molar-refractivity contribution in [2.24, 2.45) is 0 Å². The van der Waals surface area contributed by atoms with E-state index in [0.717, 1.165) is 53.9 Å². The number of carboxylic acids is 2. The fourth-order valence-corrected chi connectivity index (χ4v) is 11.8. The molecule has 4 aliphatic carbocycles. The monoisotopic (exact) mass is 813 g/mol. The van der Waals surface area contributed by atoms with Crippen molar-refractivity contribution in [2.45, 2.75) is 99.8 Å². The Morgan fingerprint density at radius 3 is 1.59 bits per heavy atom. The van der Waals surface area contributed by atoms with E-state index >= 15 is 0 Å². The summed E-state index contributed by atoms with van der Waals surface area (Å²) in [7, 11) is 3.06. The van der Waals surface area contributed by atoms with Crippen LogP contribution in [0.4, 0.5) is 4.39 Å². The van der Waals surface area contributed by atoms with Gasteiger partial charge in [0.05, 0.1) is 19.7 Å². The molecule has 4 bridgehead atoms. The average Bonchev–Trinajstić information content (AvgIpc) is 3.16. The van der Waals surface area contributed by atoms with E-state index in [1.807, 2.05) is 13.1 Å². The number of phenols is 1. The number of nitrogens with one attached hydrogen (secondary N) is 2. The number of piperidine rings is 2. The van der Waals surface area contributed by atoms with E-state index < -0.39 is 52.2 Å². The Hall–Kier alpha value is -5.15. The number of benzene rings is 2. The summed E-state index contributed by atoms with van der Waals surface area (Å²) in [6.45, 7) is 3.75. The fourth-order valence-electron chi connectivity index (χ4n) is 11.8. The SMILES string of the molecule is C.CN1CC[C@]23Cc4[nH]c(=O)c(C(=O)O)cc4C[C@@]2(O)[C@H]1Cc1ccc(O)cc13.Cc1ccc2c(c1)[C@]13CCN(C)[C@H](C2)[C@]1(O)Cc1cc(C(=O)O)c(=O)[nH]c1C3.[2H]CF. The van der Waals surface area contributed by atoms with E-state index in [0.29, 0.717) is 43.4 Å². The molecule has 6 atom stereocenters. The number of aryl methyl sites for hydroxylation is 1. The number of carbonyl (C=O) groups is 2. The standard InChI is InChI=1S/C22H24N2O4.C21H22N2O5.CH3F.CH4/c1-12-3-4-13-9-18-22(28)10-14-8-15(20(26)27)19(25)23-17(14)11-21(22,16(13)7-12)5-6-24(18)2;1-23-5-4-20-10-16-12(6-14(19(26)27)18(25)22-16)9-21(20,28)17(23)7-11-2-3-13(24)8-15(11)20;1-2;/h3-4,7-8,18,28H,5-6,9-11H2,1-2H3,(H,23,25)(H,26,27);2-3,6,8,17,24,28H,4-5,7,9-10H2,1H3,(H,22,25)(H,26,27);1H3;1H4/t18-,21-,22-;17-,20-,21-;;/m11../s1/i;;1D;. The topological polar surface area (TPSA) is 207 Å². The maximum Gasteiger partial charge on any atom is 0.341 e. The molecule has 4 aromatic rings. The lowest BCUT2D eigenvalue weighted by molar-refractivity contribution is -0.145. The molecule has 0 saturated carbocycles. The number of likely N-dealkylation sites (N-methyl/N-ethyl adjacent to an activating group) is 2. The second kappa shape index (κ2) is 14.5. The van der Waals surface area contributed by atoms with Gasteiger partial charge in [-0.3, -0.25) is 14.0 Å². The Bertz CT molecular complexity index is 2360. The van der Waals surface area contributed by atoms with Crippen LogP contribution in [0, 0.1) is 6.92 Å². The van der Waals surface area contributed by atoms with Crippen LogP contribution >= 0.6 is 0 Å². The fraction of sp³-hybridized carbons (Fsp3) is 0.467. The van der Waals surface area contributed by atoms with Gasteiger partial charge in [0.15, 0.2) is 0 Å². The largest absolute Gasteiger partial charge is 0.508 e. The van der Waals surface area contributed by atoms with Crippen molar-refractivity contribution in [1.82, 2.24) is 19.8 Å². The number of rotatable bonds is 2. The molecular formula is C45H53FN4O9. The lowest BCUT2D eigenvalue weighted by Gasteiger charge is -2.63. The van der Waals surface area contributed by atoms with Gasteiger partial charge >= 0.3 is 11.9 Å². The number of likely N-dealkylation sites (tertiary alicyclic amines) is 2. The highest BCUT2D eigenvalue weighted by Gasteiger charge is 2.65. The predicted octanol–water partition coefficient (Wildman–Crippen LogP) is 3.44. The van der Waals surface area contributed by atoms with Crippen molar-refractivity contribution in [3.05, 3.63) is 131 Å². The maximum absolute atomic E-state index is 12.3. The minimum atomic E-state index is -1.27. The van der Waals surface area contributed by atoms with E-state index in [2.05, 4.69) is 51.9 Å². The Morgan fingerprint density at radius 2 is 1.15 bits per heavy atom. The molecule has 6 aliphatic rings. The number of aromatic hydroxyl groups is 1. The highest BCUT2D eigenvalue weighted by atomic mass is 19.1. The molecule has 0 spiro atoms. The van der Waals surface area contributed by atoms with Crippen molar-refractivity contribution < 1.29 is 40.9 Å². The number of H-pyrrole nitrogens is 2. The number of aromatic amines is 2. The third kappa shape index (κ3) is 6.01. The Balaban J connectivity index is 0.000000168. The zero-order chi connectivity index (χ0) is 42.4. The third-order valence-corrected chi connectivity index (χ3v) is 14.6. The summed E-state index contributed by atoms with van der Waals surface area (Å²) in [5, 5.41) is 53.0. The summed E-state index contributed by atoms with van der Waals surface area (Å²) in [5.74, 6) is -2.35. The summed E-state index contributed by atoms with van der Waals surface area (Å²) in [5.41, 5.74) is 3.56. The molecule has 2 aromatic heterocycles. The van der Waals surface area contributed by atoms with Crippen LogP contribution in [0.15, 0.2) is 58.1 Å². The first kappa shape index (κ1) is 40.6. The van der Waals surface area contributed by atoms with Gasteiger partial charge in [0, 0.05) is 60.0 Å². The van der Waals surface area contributed by atoms with Gasteiger partial charge in [0.2, 0.25) is 0 Å². The third-order valence-electron chi connectivity index (χ3n) is 14.6. The Labute approximate surface area is 342 Å². The molecular weight excluding hydrogens is 760 g/mol. The van der Waals surface area contributed by atoms with E-state index in [1.54, 1.807) is 12.1 Å². The van der Waals surface area contributed by atoms with Gasteiger partial charge in [-0.15, -0.1) is 0 Å². The zero-order valence-electron chi connectivity index (χ0n) is 33.7. The maximum atomic E-state index is 12.3. The molecule has 59 heavy (non-hydrogen) atoms. The van der Waals surface area contributed by atoms with Gasteiger partial charge in [0.25, 0.3) is 11.1 Å². The van der Waals surface area contributed by atoms with E-state index in [4.69, 9.17) is 1.37 Å². The summed E-state index contributed by atoms with van der Waals surface area (Å²) in [6.07, 6.45) is 4.47. The van der Waals surface area contributed by atoms with Gasteiger partial charge < -0.3 is 45.3 Å². The summed E-state index contributed by atoms with van der Waals surface area (Å²) < 4.78 is 15.5. The first-order valence-corrected chi connectivity index (χ1v) is 19.5. The molecule has 2 saturated heterocycles. The smallest absolute Gasteiger partial charge is 0.341 e. The number of pyridine rings is 2. The number of fused-ring (bicyclic) bond motifs is 4. The van der Waals surface area contributed by atoms with Crippen LogP contribution in [-0.2, 0) is 49.4 Å². The molecule has 0 unspecified atom stereocenters. The van der Waals surface area contributed by atoms with Crippen LogP contribution < -0.4 is 11.1 Å². The van der Waals surface area contributed by atoms with Crippen LogP contribution in [0.3, 0.4) is 0 Å². The van der Waals surface area contributed by atoms with Crippen molar-refractivity contribution in [3.63, 3.8) is 0 Å². The van der Waals surface area contributed by atoms with E-state index in [-0.39, 0.29) is 42.8 Å². The number of alkyl halides is 1. The summed E-state index contributed by atoms with van der Waals surface area (Å²) >= 11 is 0. The molecule has 7 N–H and O–H groups in total. The molecule has 4 heterocycles. The number of phenolic OH excluding ortho intramolecular Hbond substituents is 1. The van der Waals surface area contributed by atoms with Crippen LogP contribution in [0.5, 0.6) is 5.75 Å². The van der Waals surface area contributed by atoms with Crippen LogP contribution in [0.1, 0.15) is 92.7 Å². The zero-order valence-corrected chi connectivity index (χ0v) is 32.7. The number of aromatic nitrogens is 2. The number of nitrogens with zero attached hydrogens (tertiary/aromatic N) is 2. The number of halogens is 1. The van der Waals surface area contributed by atoms with Crippen molar-refractivity contribution in [2.75, 3.05) is 34.3 Å².